The molecule has 14 rings (SSSR count). The van der Waals surface area contributed by atoms with Gasteiger partial charge in [-0.25, -0.2) is 0 Å². The number of anilines is 3. The summed E-state index contributed by atoms with van der Waals surface area (Å²) in [7, 11) is 0. The van der Waals surface area contributed by atoms with Crippen LogP contribution in [0.4, 0.5) is 17.1 Å². The number of rotatable bonds is 8. The van der Waals surface area contributed by atoms with Gasteiger partial charge in [0.15, 0.2) is 0 Å². The van der Waals surface area contributed by atoms with Gasteiger partial charge in [0, 0.05) is 63.0 Å². The van der Waals surface area contributed by atoms with Crippen molar-refractivity contribution < 1.29 is 0 Å². The molecule has 0 amide bonds. The maximum Gasteiger partial charge on any atom is 0.0714 e. The zero-order valence-corrected chi connectivity index (χ0v) is 40.9. The van der Waals surface area contributed by atoms with Crippen molar-refractivity contribution in [2.24, 2.45) is 5.92 Å². The van der Waals surface area contributed by atoms with Gasteiger partial charge in [0.05, 0.1) is 5.41 Å². The lowest BCUT2D eigenvalue weighted by molar-refractivity contribution is 0.740. The molecule has 2 aromatic heterocycles. The molecule has 0 aliphatic heterocycles. The normalized spacial score (nSPS) is 14.8. The number of thiophene rings is 2. The first kappa shape index (κ1) is 41.9. The Morgan fingerprint density at radius 3 is 1.55 bits per heavy atom. The van der Waals surface area contributed by atoms with Crippen LogP contribution in [0.5, 0.6) is 0 Å². The summed E-state index contributed by atoms with van der Waals surface area (Å²) in [6.45, 7) is 2.29. The number of allylic oxidation sites excluding steroid dienone is 4. The van der Waals surface area contributed by atoms with Crippen LogP contribution in [0.25, 0.3) is 79.3 Å². The van der Waals surface area contributed by atoms with E-state index in [-0.39, 0.29) is 0 Å². The van der Waals surface area contributed by atoms with Crippen molar-refractivity contribution in [3.63, 3.8) is 0 Å². The Labute approximate surface area is 422 Å². The van der Waals surface area contributed by atoms with Gasteiger partial charge >= 0.3 is 0 Å². The maximum atomic E-state index is 2.42. The van der Waals surface area contributed by atoms with E-state index in [2.05, 4.69) is 261 Å². The molecule has 1 atom stereocenters. The minimum absolute atomic E-state index is 0.431. The minimum atomic E-state index is -0.431. The summed E-state index contributed by atoms with van der Waals surface area (Å²) in [6, 6.07) is 86.0. The van der Waals surface area contributed by atoms with E-state index in [1.165, 1.54) is 107 Å². The van der Waals surface area contributed by atoms with E-state index in [4.69, 9.17) is 0 Å². The largest absolute Gasteiger partial charge is 0.311 e. The highest BCUT2D eigenvalue weighted by molar-refractivity contribution is 7.27. The molecule has 0 saturated carbocycles. The zero-order valence-electron chi connectivity index (χ0n) is 39.2. The molecule has 3 heteroatoms. The van der Waals surface area contributed by atoms with E-state index < -0.39 is 5.41 Å². The van der Waals surface area contributed by atoms with Gasteiger partial charge in [0.2, 0.25) is 0 Å². The second-order valence-electron chi connectivity index (χ2n) is 19.2. The summed E-state index contributed by atoms with van der Waals surface area (Å²) in [5, 5.41) is 5.25. The molecule has 2 aliphatic carbocycles. The fourth-order valence-electron chi connectivity index (χ4n) is 11.8. The number of benzene rings is 10. The predicted molar refractivity (Wildman–Crippen MR) is 306 cm³/mol. The Hall–Kier alpha value is -8.08. The summed E-state index contributed by atoms with van der Waals surface area (Å²) >= 11 is 3.83. The van der Waals surface area contributed by atoms with Crippen LogP contribution < -0.4 is 4.90 Å². The van der Waals surface area contributed by atoms with Crippen LogP contribution in [0.3, 0.4) is 0 Å². The summed E-state index contributed by atoms with van der Waals surface area (Å²) in [4.78, 5) is 2.40. The van der Waals surface area contributed by atoms with Gasteiger partial charge in [-0.1, -0.05) is 213 Å². The Balaban J connectivity index is 0.877. The van der Waals surface area contributed by atoms with E-state index in [1.54, 1.807) is 0 Å². The van der Waals surface area contributed by atoms with Gasteiger partial charge in [0.25, 0.3) is 0 Å². The van der Waals surface area contributed by atoms with Crippen LogP contribution >= 0.6 is 22.7 Å². The highest BCUT2D eigenvalue weighted by Crippen LogP contribution is 2.59. The molecule has 71 heavy (non-hydrogen) atoms. The second-order valence-corrected chi connectivity index (χ2v) is 21.2. The molecule has 1 nitrogen and oxygen atoms in total. The van der Waals surface area contributed by atoms with Gasteiger partial charge in [-0.3, -0.25) is 0 Å². The van der Waals surface area contributed by atoms with E-state index in [1.807, 2.05) is 22.7 Å². The Morgan fingerprint density at radius 1 is 0.408 bits per heavy atom. The molecule has 1 unspecified atom stereocenters. The number of nitrogens with zero attached hydrogens (tertiary/aromatic N) is 1. The third-order valence-corrected chi connectivity index (χ3v) is 17.6. The van der Waals surface area contributed by atoms with Gasteiger partial charge in [-0.05, 0) is 116 Å². The van der Waals surface area contributed by atoms with Crippen molar-refractivity contribution in [3.8, 4) is 33.4 Å². The molecule has 10 aromatic carbocycles. The lowest BCUT2D eigenvalue weighted by Crippen LogP contribution is -2.28. The molecule has 0 radical (unpaired) electrons. The Bertz CT molecular complexity index is 4020. The minimum Gasteiger partial charge on any atom is -0.311 e. The third-order valence-electron chi connectivity index (χ3n) is 15.1. The molecular weight excluding hydrogens is 895 g/mol. The first-order valence-electron chi connectivity index (χ1n) is 24.7. The van der Waals surface area contributed by atoms with Crippen LogP contribution in [-0.2, 0) is 5.41 Å². The zero-order chi connectivity index (χ0) is 47.0. The second kappa shape index (κ2) is 16.8. The summed E-state index contributed by atoms with van der Waals surface area (Å²) in [6.07, 6.45) is 8.06. The lowest BCUT2D eigenvalue weighted by Gasteiger charge is -2.33. The summed E-state index contributed by atoms with van der Waals surface area (Å²) in [5.74, 6) is 0.538. The van der Waals surface area contributed by atoms with Crippen LogP contribution in [0, 0.1) is 5.92 Å². The average Bonchev–Trinajstić information content (AvgIpc) is 4.11. The lowest BCUT2D eigenvalue weighted by atomic mass is 9.68. The fraction of sp³-hybridized carbons (Fsp3) is 0.0588. The first-order chi connectivity index (χ1) is 35.1. The molecule has 0 saturated heterocycles. The van der Waals surface area contributed by atoms with E-state index in [9.17, 15) is 0 Å². The van der Waals surface area contributed by atoms with Crippen molar-refractivity contribution >= 4 is 85.7 Å². The molecule has 0 fully saturated rings. The molecule has 336 valence electrons. The highest BCUT2D eigenvalue weighted by Gasteiger charge is 2.46. The smallest absolute Gasteiger partial charge is 0.0714 e. The van der Waals surface area contributed by atoms with E-state index in [0.717, 1.165) is 23.5 Å². The highest BCUT2D eigenvalue weighted by atomic mass is 32.1. The fourth-order valence-corrected chi connectivity index (χ4v) is 14.5. The Kier molecular flexibility index (Phi) is 9.91. The summed E-state index contributed by atoms with van der Waals surface area (Å²) < 4.78 is 5.32. The third kappa shape index (κ3) is 6.64. The average molecular weight is 942 g/mol. The molecule has 0 spiro atoms. The van der Waals surface area contributed by atoms with Crippen LogP contribution in [0.1, 0.15) is 41.2 Å². The summed E-state index contributed by atoms with van der Waals surface area (Å²) in [5.41, 5.74) is 18.4. The standard InChI is InChI=1S/C68H47NS2/c1-44-15-12-16-48(43-44)45-29-35-51(36-30-45)69(52-37-31-46(32-38-52)54-23-13-25-57-56-21-9-11-28-63(56)70-65(54)57)53-39-33-47(34-40-53)55-24-14-26-58-59-41-42-62-64(67(59)71-66(55)58)60-22-8-10-27-61(60)68(62,49-17-4-2-5-18-49)50-19-6-3-7-20-50/h2-14,16-44H,15H2,1H3. The number of hydrogen-bond acceptors (Lipinski definition) is 3. The molecule has 0 bridgehead atoms. The predicted octanol–water partition coefficient (Wildman–Crippen LogP) is 19.6. The molecule has 0 N–H and O–H groups in total. The van der Waals surface area contributed by atoms with Crippen molar-refractivity contribution in [1.82, 2.24) is 0 Å². The van der Waals surface area contributed by atoms with Crippen molar-refractivity contribution in [1.29, 1.82) is 0 Å². The van der Waals surface area contributed by atoms with Gasteiger partial charge in [-0.2, -0.15) is 0 Å². The van der Waals surface area contributed by atoms with Crippen molar-refractivity contribution in [2.75, 3.05) is 4.90 Å². The maximum absolute atomic E-state index is 2.42. The van der Waals surface area contributed by atoms with Gasteiger partial charge in [-0.15, -0.1) is 22.7 Å². The van der Waals surface area contributed by atoms with Crippen LogP contribution in [0.2, 0.25) is 0 Å². The van der Waals surface area contributed by atoms with Gasteiger partial charge < -0.3 is 4.90 Å². The molecule has 2 aliphatic rings. The van der Waals surface area contributed by atoms with Crippen LogP contribution in [0.15, 0.2) is 249 Å². The van der Waals surface area contributed by atoms with E-state index >= 15 is 0 Å². The monoisotopic (exact) mass is 941 g/mol. The Morgan fingerprint density at radius 2 is 0.915 bits per heavy atom. The van der Waals surface area contributed by atoms with E-state index in [0.29, 0.717) is 5.92 Å². The topological polar surface area (TPSA) is 3.24 Å². The van der Waals surface area contributed by atoms with Gasteiger partial charge in [0.1, 0.15) is 0 Å². The number of fused-ring (bicyclic) bond motifs is 10. The van der Waals surface area contributed by atoms with Crippen LogP contribution in [-0.4, -0.2) is 0 Å². The first-order valence-corrected chi connectivity index (χ1v) is 26.3. The van der Waals surface area contributed by atoms with Crippen molar-refractivity contribution in [3.05, 3.63) is 277 Å². The molecule has 12 aromatic rings. The number of hydrogen-bond donors (Lipinski definition) is 0. The molecule has 2 heterocycles. The SMILES string of the molecule is CC1C=C(c2ccc(N(c3ccc(-c4cccc5c4sc4ccccc45)cc3)c3ccc(-c4cccc5c4sc4c6c(ccc45)C(c4ccccc4)(c4ccccc4)c4ccccc4-6)cc3)cc2)C=CC1. The quantitative estimate of drug-likeness (QED) is 0.147. The van der Waals surface area contributed by atoms with Crippen molar-refractivity contribution in [2.45, 2.75) is 18.8 Å². The molecular formula is C68H47NS2.